The van der Waals surface area contributed by atoms with E-state index in [4.69, 9.17) is 15.9 Å². The molecule has 186 valence electrons. The molecule has 1 aromatic rings. The molecule has 3 N–H and O–H groups in total. The first-order valence-electron chi connectivity index (χ1n) is 10.8. The average molecular weight is 476 g/mol. The Bertz CT molecular complexity index is 901. The van der Waals surface area contributed by atoms with Crippen molar-refractivity contribution < 1.29 is 33.8 Å². The topological polar surface area (TPSA) is 134 Å². The van der Waals surface area contributed by atoms with Crippen LogP contribution in [-0.4, -0.2) is 72.3 Å². The van der Waals surface area contributed by atoms with Crippen molar-refractivity contribution in [3.63, 3.8) is 0 Å². The van der Waals surface area contributed by atoms with Crippen LogP contribution in [0.2, 0.25) is 0 Å². The van der Waals surface area contributed by atoms with Crippen LogP contribution < -0.4 is 10.6 Å². The van der Waals surface area contributed by atoms with E-state index in [9.17, 15) is 24.3 Å². The van der Waals surface area contributed by atoms with Gasteiger partial charge in [-0.25, -0.2) is 4.79 Å². The van der Waals surface area contributed by atoms with E-state index in [1.165, 1.54) is 7.05 Å². The lowest BCUT2D eigenvalue weighted by atomic mass is 10.0. The Kier molecular flexibility index (Phi) is 11.1. The Morgan fingerprint density at radius 3 is 2.29 bits per heavy atom. The third kappa shape index (κ3) is 9.11. The highest BCUT2D eigenvalue weighted by atomic mass is 16.6. The maximum absolute atomic E-state index is 13.1. The largest absolute Gasteiger partial charge is 0.466 e. The highest BCUT2D eigenvalue weighted by Gasteiger charge is 2.33. The fourth-order valence-electron chi connectivity index (χ4n) is 2.94. The number of hydrogen-bond donors (Lipinski definition) is 3. The molecule has 3 amide bonds. The first kappa shape index (κ1) is 28.5. The number of aliphatic hydroxyl groups excluding tert-OH is 1. The van der Waals surface area contributed by atoms with Crippen LogP contribution in [0.15, 0.2) is 24.3 Å². The van der Waals surface area contributed by atoms with Crippen molar-refractivity contribution in [3.8, 4) is 12.3 Å². The van der Waals surface area contributed by atoms with Crippen LogP contribution in [0.25, 0.3) is 0 Å². The lowest BCUT2D eigenvalue weighted by Gasteiger charge is -2.31. The van der Waals surface area contributed by atoms with E-state index in [0.717, 1.165) is 4.90 Å². The van der Waals surface area contributed by atoms with E-state index in [0.29, 0.717) is 11.1 Å². The van der Waals surface area contributed by atoms with Crippen molar-refractivity contribution in [3.05, 3.63) is 35.4 Å². The minimum absolute atomic E-state index is 0.00176. The monoisotopic (exact) mass is 475 g/mol. The minimum atomic E-state index is -1.35. The first-order chi connectivity index (χ1) is 15.9. The lowest BCUT2D eigenvalue weighted by Crippen LogP contribution is -2.53. The molecule has 0 bridgehead atoms. The molecule has 0 heterocycles. The molecule has 0 aliphatic rings. The van der Waals surface area contributed by atoms with Crippen molar-refractivity contribution in [2.75, 3.05) is 26.8 Å². The summed E-state index contributed by atoms with van der Waals surface area (Å²) in [6.07, 6.45) is 4.46. The number of nitrogens with zero attached hydrogens (tertiary/aromatic N) is 1. The summed E-state index contributed by atoms with van der Waals surface area (Å²) in [6.45, 7) is 6.16. The SMILES string of the molecule is C#Cc1ccc(C(C(=O)NCCC(=O)OCC)N(C)C(=O)C(CO)NC(=O)OC(C)(C)C)cc1. The zero-order chi connectivity index (χ0) is 25.9. The summed E-state index contributed by atoms with van der Waals surface area (Å²) in [5.41, 5.74) is 0.218. The van der Waals surface area contributed by atoms with E-state index in [1.807, 2.05) is 0 Å². The summed E-state index contributed by atoms with van der Waals surface area (Å²) in [6, 6.07) is 3.97. The van der Waals surface area contributed by atoms with Crippen LogP contribution >= 0.6 is 0 Å². The standard InChI is InChI=1S/C24H33N3O7/c1-7-16-9-11-17(12-10-16)20(21(30)25-14-13-19(29)33-8-2)27(6)22(31)18(15-28)26-23(32)34-24(3,4)5/h1,9-12,18,20,28H,8,13-15H2,2-6H3,(H,25,30)(H,26,32). The van der Waals surface area contributed by atoms with Crippen LogP contribution in [0.3, 0.4) is 0 Å². The van der Waals surface area contributed by atoms with Gasteiger partial charge in [0.25, 0.3) is 0 Å². The van der Waals surface area contributed by atoms with Crippen LogP contribution in [-0.2, 0) is 23.9 Å². The zero-order valence-electron chi connectivity index (χ0n) is 20.2. The Morgan fingerprint density at radius 1 is 1.18 bits per heavy atom. The van der Waals surface area contributed by atoms with E-state index < -0.39 is 48.2 Å². The molecule has 0 spiro atoms. The van der Waals surface area contributed by atoms with Gasteiger partial charge in [-0.1, -0.05) is 18.1 Å². The minimum Gasteiger partial charge on any atom is -0.466 e. The number of esters is 1. The predicted octanol–water partition coefficient (Wildman–Crippen LogP) is 1.12. The molecule has 1 rings (SSSR count). The molecule has 0 saturated heterocycles. The van der Waals surface area contributed by atoms with Gasteiger partial charge in [0.05, 0.1) is 19.6 Å². The summed E-state index contributed by atoms with van der Waals surface area (Å²) in [5.74, 6) is 0.716. The third-order valence-corrected chi connectivity index (χ3v) is 4.48. The van der Waals surface area contributed by atoms with Gasteiger partial charge >= 0.3 is 12.1 Å². The predicted molar refractivity (Wildman–Crippen MR) is 124 cm³/mol. The molecule has 0 fully saturated rings. The number of rotatable bonds is 10. The number of alkyl carbamates (subject to hydrolysis) is 1. The highest BCUT2D eigenvalue weighted by molar-refractivity contribution is 5.92. The second-order valence-corrected chi connectivity index (χ2v) is 8.35. The van der Waals surface area contributed by atoms with Crippen molar-refractivity contribution in [1.29, 1.82) is 0 Å². The molecule has 0 aliphatic carbocycles. The number of aliphatic hydroxyl groups is 1. The maximum Gasteiger partial charge on any atom is 0.408 e. The van der Waals surface area contributed by atoms with E-state index in [-0.39, 0.29) is 19.6 Å². The Balaban J connectivity index is 3.09. The molecule has 0 aromatic heterocycles. The first-order valence-corrected chi connectivity index (χ1v) is 10.8. The molecule has 0 aliphatic heterocycles. The number of carbonyl (C=O) groups excluding carboxylic acids is 4. The van der Waals surface area contributed by atoms with Crippen molar-refractivity contribution >= 4 is 23.9 Å². The number of ether oxygens (including phenoxy) is 2. The Morgan fingerprint density at radius 2 is 1.79 bits per heavy atom. The summed E-state index contributed by atoms with van der Waals surface area (Å²) < 4.78 is 9.98. The van der Waals surface area contributed by atoms with Crippen molar-refractivity contribution in [2.24, 2.45) is 0 Å². The zero-order valence-corrected chi connectivity index (χ0v) is 20.2. The molecule has 34 heavy (non-hydrogen) atoms. The number of terminal acetylenes is 1. The summed E-state index contributed by atoms with van der Waals surface area (Å²) in [5, 5.41) is 14.6. The second-order valence-electron chi connectivity index (χ2n) is 8.35. The van der Waals surface area contributed by atoms with Gasteiger partial charge in [0.2, 0.25) is 11.8 Å². The molecule has 2 atom stereocenters. The van der Waals surface area contributed by atoms with Gasteiger partial charge in [-0.05, 0) is 45.4 Å². The van der Waals surface area contributed by atoms with Crippen LogP contribution in [0.4, 0.5) is 4.79 Å². The van der Waals surface area contributed by atoms with Gasteiger partial charge in [0.1, 0.15) is 17.7 Å². The third-order valence-electron chi connectivity index (χ3n) is 4.48. The fourth-order valence-corrected chi connectivity index (χ4v) is 2.94. The van der Waals surface area contributed by atoms with Crippen molar-refractivity contribution in [2.45, 2.75) is 51.8 Å². The second kappa shape index (κ2) is 13.2. The van der Waals surface area contributed by atoms with Crippen LogP contribution in [0.5, 0.6) is 0 Å². The molecular weight excluding hydrogens is 442 g/mol. The molecular formula is C24H33N3O7. The number of amides is 3. The van der Waals surface area contributed by atoms with Gasteiger partial charge in [-0.2, -0.15) is 0 Å². The molecule has 10 nitrogen and oxygen atoms in total. The molecule has 2 unspecified atom stereocenters. The Hall–Kier alpha value is -3.58. The van der Waals surface area contributed by atoms with Gasteiger partial charge < -0.3 is 30.1 Å². The van der Waals surface area contributed by atoms with E-state index in [1.54, 1.807) is 52.0 Å². The van der Waals surface area contributed by atoms with Gasteiger partial charge in [-0.15, -0.1) is 6.42 Å². The number of nitrogens with one attached hydrogen (secondary N) is 2. The smallest absolute Gasteiger partial charge is 0.408 e. The van der Waals surface area contributed by atoms with Gasteiger partial charge in [0, 0.05) is 19.2 Å². The number of hydrogen-bond acceptors (Lipinski definition) is 7. The van der Waals surface area contributed by atoms with Crippen LogP contribution in [0, 0.1) is 12.3 Å². The van der Waals surface area contributed by atoms with Gasteiger partial charge in [-0.3, -0.25) is 14.4 Å². The number of likely N-dealkylation sites (N-methyl/N-ethyl adjacent to an activating group) is 1. The number of carbonyl (C=O) groups is 4. The lowest BCUT2D eigenvalue weighted by molar-refractivity contribution is -0.144. The number of benzene rings is 1. The highest BCUT2D eigenvalue weighted by Crippen LogP contribution is 2.21. The summed E-state index contributed by atoms with van der Waals surface area (Å²) >= 11 is 0. The quantitative estimate of drug-likeness (QED) is 0.341. The Labute approximate surface area is 200 Å². The van der Waals surface area contributed by atoms with E-state index >= 15 is 0 Å². The fraction of sp³-hybridized carbons (Fsp3) is 0.500. The molecule has 10 heteroatoms. The molecule has 1 aromatic carbocycles. The molecule has 0 saturated carbocycles. The normalized spacial score (nSPS) is 12.5. The summed E-state index contributed by atoms with van der Waals surface area (Å²) in [7, 11) is 1.37. The van der Waals surface area contributed by atoms with Gasteiger partial charge in [0.15, 0.2) is 0 Å². The maximum atomic E-state index is 13.1. The summed E-state index contributed by atoms with van der Waals surface area (Å²) in [4.78, 5) is 50.9. The van der Waals surface area contributed by atoms with Crippen molar-refractivity contribution in [1.82, 2.24) is 15.5 Å². The average Bonchev–Trinajstić information content (AvgIpc) is 2.76. The van der Waals surface area contributed by atoms with E-state index in [2.05, 4.69) is 16.6 Å². The molecule has 0 radical (unpaired) electrons. The van der Waals surface area contributed by atoms with Crippen LogP contribution in [0.1, 0.15) is 51.3 Å².